The van der Waals surface area contributed by atoms with Crippen LogP contribution in [0.5, 0.6) is 0 Å². The molecule has 0 saturated carbocycles. The van der Waals surface area contributed by atoms with Crippen LogP contribution in [0.4, 0.5) is 0 Å². The molecule has 1 N–H and O–H groups in total. The molecule has 0 aliphatic carbocycles. The first-order valence-corrected chi connectivity index (χ1v) is 8.63. The van der Waals surface area contributed by atoms with Crippen LogP contribution in [0, 0.1) is 0 Å². The van der Waals surface area contributed by atoms with Crippen LogP contribution in [0.15, 0.2) is 35.3 Å². The number of rotatable bonds is 4. The molecule has 23 heavy (non-hydrogen) atoms. The van der Waals surface area contributed by atoms with E-state index in [4.69, 9.17) is 0 Å². The maximum absolute atomic E-state index is 4.48. The molecule has 0 aromatic heterocycles. The van der Waals surface area contributed by atoms with Gasteiger partial charge in [0.05, 0.1) is 6.04 Å². The second-order valence-corrected chi connectivity index (χ2v) is 6.29. The molecule has 1 atom stereocenters. The van der Waals surface area contributed by atoms with Crippen molar-refractivity contribution in [2.75, 3.05) is 39.8 Å². The minimum Gasteiger partial charge on any atom is -0.354 e. The van der Waals surface area contributed by atoms with Gasteiger partial charge in [-0.2, -0.15) is 0 Å². The van der Waals surface area contributed by atoms with E-state index < -0.39 is 0 Å². The van der Waals surface area contributed by atoms with Crippen molar-refractivity contribution in [1.82, 2.24) is 15.1 Å². The largest absolute Gasteiger partial charge is 0.354 e. The molecule has 0 radical (unpaired) electrons. The fraction of sp³-hybridized carbons (Fsp3) is 0.611. The van der Waals surface area contributed by atoms with E-state index >= 15 is 0 Å². The van der Waals surface area contributed by atoms with E-state index in [0.717, 1.165) is 25.6 Å². The van der Waals surface area contributed by atoms with E-state index in [1.807, 2.05) is 7.05 Å². The lowest BCUT2D eigenvalue weighted by atomic mass is 10.1. The molecule has 2 fully saturated rings. The summed E-state index contributed by atoms with van der Waals surface area (Å²) in [6, 6.07) is 11.3. The highest BCUT2D eigenvalue weighted by atomic mass is 127. The van der Waals surface area contributed by atoms with Crippen LogP contribution in [0.2, 0.25) is 0 Å². The second kappa shape index (κ2) is 9.47. The maximum Gasteiger partial charge on any atom is 0.193 e. The van der Waals surface area contributed by atoms with Crippen LogP contribution in [0.1, 0.15) is 37.3 Å². The molecule has 3 rings (SSSR count). The molecule has 0 spiro atoms. The van der Waals surface area contributed by atoms with Crippen LogP contribution in [-0.4, -0.2) is 55.5 Å². The average molecular weight is 428 g/mol. The molecule has 1 aromatic rings. The number of halogens is 1. The molecule has 4 nitrogen and oxygen atoms in total. The van der Waals surface area contributed by atoms with Gasteiger partial charge in [-0.1, -0.05) is 30.3 Å². The van der Waals surface area contributed by atoms with Gasteiger partial charge in [-0.05, 0) is 44.3 Å². The van der Waals surface area contributed by atoms with E-state index in [0.29, 0.717) is 6.04 Å². The number of guanidine groups is 1. The van der Waals surface area contributed by atoms with E-state index in [1.165, 1.54) is 44.3 Å². The highest BCUT2D eigenvalue weighted by Crippen LogP contribution is 2.24. The number of nitrogens with one attached hydrogen (secondary N) is 1. The molecular weight excluding hydrogens is 399 g/mol. The van der Waals surface area contributed by atoms with Crippen molar-refractivity contribution in [3.05, 3.63) is 35.9 Å². The summed E-state index contributed by atoms with van der Waals surface area (Å²) in [5.41, 5.74) is 1.41. The SMILES string of the molecule is CN=C(NCC(c1ccccc1)N1CCCC1)N1CCCC1.I. The smallest absolute Gasteiger partial charge is 0.193 e. The van der Waals surface area contributed by atoms with Crippen molar-refractivity contribution in [1.29, 1.82) is 0 Å². The van der Waals surface area contributed by atoms with Crippen LogP contribution >= 0.6 is 24.0 Å². The summed E-state index contributed by atoms with van der Waals surface area (Å²) in [7, 11) is 1.90. The predicted molar refractivity (Wildman–Crippen MR) is 108 cm³/mol. The van der Waals surface area contributed by atoms with E-state index in [9.17, 15) is 0 Å². The highest BCUT2D eigenvalue weighted by molar-refractivity contribution is 14.0. The third-order valence-corrected chi connectivity index (χ3v) is 4.84. The zero-order valence-corrected chi connectivity index (χ0v) is 16.4. The molecular formula is C18H29IN4. The number of hydrogen-bond donors (Lipinski definition) is 1. The first kappa shape index (κ1) is 18.5. The molecule has 128 valence electrons. The third-order valence-electron chi connectivity index (χ3n) is 4.84. The summed E-state index contributed by atoms with van der Waals surface area (Å²) in [5, 5.41) is 3.62. The van der Waals surface area contributed by atoms with Gasteiger partial charge in [0.15, 0.2) is 5.96 Å². The minimum atomic E-state index is 0. The molecule has 1 unspecified atom stereocenters. The highest BCUT2D eigenvalue weighted by Gasteiger charge is 2.24. The van der Waals surface area contributed by atoms with Crippen LogP contribution in [0.3, 0.4) is 0 Å². The molecule has 5 heteroatoms. The molecule has 2 heterocycles. The third kappa shape index (κ3) is 4.83. The first-order chi connectivity index (χ1) is 10.9. The van der Waals surface area contributed by atoms with Gasteiger partial charge in [-0.3, -0.25) is 9.89 Å². The zero-order chi connectivity index (χ0) is 15.2. The Balaban J connectivity index is 0.00000192. The topological polar surface area (TPSA) is 30.9 Å². The van der Waals surface area contributed by atoms with Crippen molar-refractivity contribution >= 4 is 29.9 Å². The average Bonchev–Trinajstić information content (AvgIpc) is 3.26. The number of likely N-dealkylation sites (tertiary alicyclic amines) is 2. The lowest BCUT2D eigenvalue weighted by Crippen LogP contribution is -2.43. The van der Waals surface area contributed by atoms with Gasteiger partial charge in [-0.25, -0.2) is 0 Å². The first-order valence-electron chi connectivity index (χ1n) is 8.63. The van der Waals surface area contributed by atoms with Crippen molar-refractivity contribution in [2.45, 2.75) is 31.7 Å². The Kier molecular flexibility index (Phi) is 7.62. The van der Waals surface area contributed by atoms with E-state index in [-0.39, 0.29) is 24.0 Å². The Morgan fingerprint density at radius 2 is 1.65 bits per heavy atom. The quantitative estimate of drug-likeness (QED) is 0.454. The lowest BCUT2D eigenvalue weighted by molar-refractivity contribution is 0.244. The van der Waals surface area contributed by atoms with Gasteiger partial charge in [0.2, 0.25) is 0 Å². The molecule has 0 amide bonds. The Morgan fingerprint density at radius 3 is 2.26 bits per heavy atom. The number of benzene rings is 1. The predicted octanol–water partition coefficient (Wildman–Crippen LogP) is 3.11. The standard InChI is InChI=1S/C18H28N4.HI/c1-19-18(22-13-7-8-14-22)20-15-17(21-11-5-6-12-21)16-9-3-2-4-10-16;/h2-4,9-10,17H,5-8,11-15H2,1H3,(H,19,20);1H. The van der Waals surface area contributed by atoms with Gasteiger partial charge < -0.3 is 10.2 Å². The van der Waals surface area contributed by atoms with Crippen LogP contribution in [-0.2, 0) is 0 Å². The minimum absolute atomic E-state index is 0. The van der Waals surface area contributed by atoms with Gasteiger partial charge >= 0.3 is 0 Å². The fourth-order valence-corrected chi connectivity index (χ4v) is 3.64. The van der Waals surface area contributed by atoms with Gasteiger partial charge in [0.1, 0.15) is 0 Å². The van der Waals surface area contributed by atoms with Gasteiger partial charge in [0.25, 0.3) is 0 Å². The number of nitrogens with zero attached hydrogens (tertiary/aromatic N) is 3. The van der Waals surface area contributed by atoms with E-state index in [1.54, 1.807) is 0 Å². The Bertz CT molecular complexity index is 479. The van der Waals surface area contributed by atoms with Crippen molar-refractivity contribution < 1.29 is 0 Å². The fourth-order valence-electron chi connectivity index (χ4n) is 3.64. The summed E-state index contributed by atoms with van der Waals surface area (Å²) in [6.45, 7) is 5.64. The van der Waals surface area contributed by atoms with E-state index in [2.05, 4.69) is 50.4 Å². The molecule has 1 aromatic carbocycles. The lowest BCUT2D eigenvalue weighted by Gasteiger charge is -2.30. The Labute approximate surface area is 157 Å². The van der Waals surface area contributed by atoms with Crippen molar-refractivity contribution in [3.8, 4) is 0 Å². The summed E-state index contributed by atoms with van der Waals surface area (Å²) in [6.07, 6.45) is 5.22. The summed E-state index contributed by atoms with van der Waals surface area (Å²) < 4.78 is 0. The molecule has 2 aliphatic heterocycles. The van der Waals surface area contributed by atoms with Crippen molar-refractivity contribution in [2.24, 2.45) is 4.99 Å². The van der Waals surface area contributed by atoms with Crippen LogP contribution in [0.25, 0.3) is 0 Å². The zero-order valence-electron chi connectivity index (χ0n) is 14.1. The maximum atomic E-state index is 4.48. The summed E-state index contributed by atoms with van der Waals surface area (Å²) >= 11 is 0. The molecule has 2 saturated heterocycles. The molecule has 2 aliphatic rings. The van der Waals surface area contributed by atoms with Gasteiger partial charge in [0, 0.05) is 26.7 Å². The summed E-state index contributed by atoms with van der Waals surface area (Å²) in [5.74, 6) is 1.07. The number of aliphatic imine (C=N–C) groups is 1. The van der Waals surface area contributed by atoms with Crippen LogP contribution < -0.4 is 5.32 Å². The Morgan fingerprint density at radius 1 is 1.04 bits per heavy atom. The summed E-state index contributed by atoms with van der Waals surface area (Å²) in [4.78, 5) is 9.47. The monoisotopic (exact) mass is 428 g/mol. The van der Waals surface area contributed by atoms with Crippen molar-refractivity contribution in [3.63, 3.8) is 0 Å². The van der Waals surface area contributed by atoms with Gasteiger partial charge in [-0.15, -0.1) is 24.0 Å². The normalized spacial score (nSPS) is 20.4. The second-order valence-electron chi connectivity index (χ2n) is 6.29. The Hall–Kier alpha value is -0.820. The number of hydrogen-bond acceptors (Lipinski definition) is 2. The molecule has 0 bridgehead atoms.